The van der Waals surface area contributed by atoms with Crippen LogP contribution in [0, 0.1) is 6.92 Å². The van der Waals surface area contributed by atoms with E-state index in [-0.39, 0.29) is 11.9 Å². The van der Waals surface area contributed by atoms with E-state index in [0.717, 1.165) is 16.5 Å². The molecule has 4 heteroatoms. The molecule has 1 aromatic carbocycles. The van der Waals surface area contributed by atoms with Gasteiger partial charge in [0.2, 0.25) is 0 Å². The highest BCUT2D eigenvalue weighted by molar-refractivity contribution is 9.10. The number of hydrogen-bond acceptors (Lipinski definition) is 2. The van der Waals surface area contributed by atoms with Crippen molar-refractivity contribution in [2.75, 3.05) is 0 Å². The molecular weight excluding hydrogens is 316 g/mol. The molecule has 1 amide bonds. The van der Waals surface area contributed by atoms with E-state index in [4.69, 9.17) is 0 Å². The smallest absolute Gasteiger partial charge is 0.253 e. The van der Waals surface area contributed by atoms with Crippen molar-refractivity contribution in [3.05, 3.63) is 63.9 Å². The number of nitrogens with one attached hydrogen (secondary N) is 1. The SMILES string of the molecule is CC[C@H](NC(=O)c1cncc(Br)c1)c1ccc(C)cc1. The van der Waals surface area contributed by atoms with Crippen LogP contribution in [0.1, 0.15) is 40.9 Å². The lowest BCUT2D eigenvalue weighted by atomic mass is 10.0. The molecule has 2 aromatic rings. The first-order valence-corrected chi connectivity index (χ1v) is 7.37. The Morgan fingerprint density at radius 1 is 1.30 bits per heavy atom. The fraction of sp³-hybridized carbons (Fsp3) is 0.250. The third kappa shape index (κ3) is 3.67. The number of pyridine rings is 1. The Labute approximate surface area is 127 Å². The Hall–Kier alpha value is -1.68. The zero-order valence-corrected chi connectivity index (χ0v) is 13.1. The fourth-order valence-corrected chi connectivity index (χ4v) is 2.36. The van der Waals surface area contributed by atoms with Crippen LogP contribution in [0.5, 0.6) is 0 Å². The number of aromatic nitrogens is 1. The summed E-state index contributed by atoms with van der Waals surface area (Å²) in [4.78, 5) is 16.2. The van der Waals surface area contributed by atoms with Crippen molar-refractivity contribution in [3.63, 3.8) is 0 Å². The summed E-state index contributed by atoms with van der Waals surface area (Å²) in [6.45, 7) is 4.11. The third-order valence-corrected chi connectivity index (χ3v) is 3.59. The summed E-state index contributed by atoms with van der Waals surface area (Å²) in [5.74, 6) is -0.105. The second kappa shape index (κ2) is 6.66. The van der Waals surface area contributed by atoms with Gasteiger partial charge in [0.25, 0.3) is 5.91 Å². The first kappa shape index (κ1) is 14.7. The topological polar surface area (TPSA) is 42.0 Å². The standard InChI is InChI=1S/C16H17BrN2O/c1-3-15(12-6-4-11(2)5-7-12)19-16(20)13-8-14(17)10-18-9-13/h4-10,15H,3H2,1-2H3,(H,19,20)/t15-/m0/s1. The maximum Gasteiger partial charge on any atom is 0.253 e. The van der Waals surface area contributed by atoms with Gasteiger partial charge in [-0.15, -0.1) is 0 Å². The molecule has 1 heterocycles. The highest BCUT2D eigenvalue weighted by Crippen LogP contribution is 2.18. The normalized spacial score (nSPS) is 11.9. The molecule has 0 fully saturated rings. The van der Waals surface area contributed by atoms with Crippen molar-refractivity contribution in [2.24, 2.45) is 0 Å². The second-order valence-electron chi connectivity index (χ2n) is 4.74. The number of amides is 1. The van der Waals surface area contributed by atoms with Gasteiger partial charge in [0.1, 0.15) is 0 Å². The molecule has 0 radical (unpaired) electrons. The predicted molar refractivity (Wildman–Crippen MR) is 83.6 cm³/mol. The lowest BCUT2D eigenvalue weighted by Gasteiger charge is -2.17. The Bertz CT molecular complexity index is 596. The van der Waals surface area contributed by atoms with Gasteiger partial charge in [-0.2, -0.15) is 0 Å². The minimum atomic E-state index is -0.105. The van der Waals surface area contributed by atoms with Crippen LogP contribution in [0.3, 0.4) is 0 Å². The molecule has 20 heavy (non-hydrogen) atoms. The minimum absolute atomic E-state index is 0.0158. The summed E-state index contributed by atoms with van der Waals surface area (Å²) in [6.07, 6.45) is 4.08. The van der Waals surface area contributed by atoms with Gasteiger partial charge in [0.05, 0.1) is 11.6 Å². The lowest BCUT2D eigenvalue weighted by Crippen LogP contribution is -2.28. The van der Waals surface area contributed by atoms with Crippen LogP contribution in [-0.2, 0) is 0 Å². The van der Waals surface area contributed by atoms with Crippen molar-refractivity contribution in [1.82, 2.24) is 10.3 Å². The van der Waals surface area contributed by atoms with Gasteiger partial charge in [-0.25, -0.2) is 0 Å². The molecule has 2 rings (SSSR count). The molecule has 0 saturated carbocycles. The van der Waals surface area contributed by atoms with Crippen molar-refractivity contribution >= 4 is 21.8 Å². The van der Waals surface area contributed by atoms with E-state index >= 15 is 0 Å². The Balaban J connectivity index is 2.14. The van der Waals surface area contributed by atoms with Gasteiger partial charge >= 0.3 is 0 Å². The summed E-state index contributed by atoms with van der Waals surface area (Å²) in [5, 5.41) is 3.05. The number of carbonyl (C=O) groups is 1. The number of halogens is 1. The molecule has 0 saturated heterocycles. The van der Waals surface area contributed by atoms with Gasteiger partial charge in [-0.05, 0) is 40.9 Å². The number of nitrogens with zero attached hydrogens (tertiary/aromatic N) is 1. The summed E-state index contributed by atoms with van der Waals surface area (Å²) < 4.78 is 0.800. The third-order valence-electron chi connectivity index (χ3n) is 3.16. The summed E-state index contributed by atoms with van der Waals surface area (Å²) >= 11 is 3.32. The second-order valence-corrected chi connectivity index (χ2v) is 5.65. The quantitative estimate of drug-likeness (QED) is 0.918. The molecule has 0 bridgehead atoms. The Kier molecular flexibility index (Phi) is 4.90. The number of benzene rings is 1. The van der Waals surface area contributed by atoms with E-state index in [9.17, 15) is 4.79 Å². The van der Waals surface area contributed by atoms with E-state index in [1.807, 2.05) is 0 Å². The first-order chi connectivity index (χ1) is 9.60. The highest BCUT2D eigenvalue weighted by atomic mass is 79.9. The number of hydrogen-bond donors (Lipinski definition) is 1. The van der Waals surface area contributed by atoms with Crippen molar-refractivity contribution in [1.29, 1.82) is 0 Å². The molecule has 104 valence electrons. The van der Waals surface area contributed by atoms with Crippen LogP contribution in [0.2, 0.25) is 0 Å². The van der Waals surface area contributed by atoms with Gasteiger partial charge in [-0.3, -0.25) is 9.78 Å². The number of rotatable bonds is 4. The molecule has 0 spiro atoms. The van der Waals surface area contributed by atoms with Crippen LogP contribution in [0.4, 0.5) is 0 Å². The number of aryl methyl sites for hydroxylation is 1. The Morgan fingerprint density at radius 3 is 2.60 bits per heavy atom. The van der Waals surface area contributed by atoms with Crippen molar-refractivity contribution in [3.8, 4) is 0 Å². The van der Waals surface area contributed by atoms with E-state index in [1.165, 1.54) is 5.56 Å². The van der Waals surface area contributed by atoms with Crippen LogP contribution >= 0.6 is 15.9 Å². The van der Waals surface area contributed by atoms with Crippen LogP contribution in [0.25, 0.3) is 0 Å². The molecule has 0 aliphatic carbocycles. The zero-order chi connectivity index (χ0) is 14.5. The summed E-state index contributed by atoms with van der Waals surface area (Å²) in [5.41, 5.74) is 2.89. The summed E-state index contributed by atoms with van der Waals surface area (Å²) in [7, 11) is 0. The maximum atomic E-state index is 12.2. The van der Waals surface area contributed by atoms with E-state index < -0.39 is 0 Å². The predicted octanol–water partition coefficient (Wildman–Crippen LogP) is 4.03. The van der Waals surface area contributed by atoms with E-state index in [2.05, 4.69) is 64.3 Å². The van der Waals surface area contributed by atoms with Gasteiger partial charge in [-0.1, -0.05) is 36.8 Å². The average Bonchev–Trinajstić information content (AvgIpc) is 2.45. The molecule has 1 N–H and O–H groups in total. The van der Waals surface area contributed by atoms with Crippen LogP contribution in [0.15, 0.2) is 47.2 Å². The molecule has 0 aliphatic heterocycles. The minimum Gasteiger partial charge on any atom is -0.345 e. The van der Waals surface area contributed by atoms with Gasteiger partial charge in [0, 0.05) is 16.9 Å². The van der Waals surface area contributed by atoms with Crippen molar-refractivity contribution in [2.45, 2.75) is 26.3 Å². The Morgan fingerprint density at radius 2 is 2.00 bits per heavy atom. The lowest BCUT2D eigenvalue weighted by molar-refractivity contribution is 0.0935. The summed E-state index contributed by atoms with van der Waals surface area (Å²) in [6, 6.07) is 10.0. The molecule has 0 aliphatic rings. The molecule has 3 nitrogen and oxygen atoms in total. The molecule has 1 atom stereocenters. The van der Waals surface area contributed by atoms with Gasteiger partial charge in [0.15, 0.2) is 0 Å². The maximum absolute atomic E-state index is 12.2. The van der Waals surface area contributed by atoms with Crippen LogP contribution in [-0.4, -0.2) is 10.9 Å². The highest BCUT2D eigenvalue weighted by Gasteiger charge is 2.14. The molecule has 0 unspecified atom stereocenters. The largest absolute Gasteiger partial charge is 0.345 e. The van der Waals surface area contributed by atoms with Crippen molar-refractivity contribution < 1.29 is 4.79 Å². The van der Waals surface area contributed by atoms with E-state index in [0.29, 0.717) is 5.56 Å². The first-order valence-electron chi connectivity index (χ1n) is 6.58. The zero-order valence-electron chi connectivity index (χ0n) is 11.6. The number of carbonyl (C=O) groups excluding carboxylic acids is 1. The van der Waals surface area contributed by atoms with E-state index in [1.54, 1.807) is 18.5 Å². The van der Waals surface area contributed by atoms with Gasteiger partial charge < -0.3 is 5.32 Å². The molecular formula is C16H17BrN2O. The van der Waals surface area contributed by atoms with Crippen LogP contribution < -0.4 is 5.32 Å². The molecule has 1 aromatic heterocycles. The fourth-order valence-electron chi connectivity index (χ4n) is 2.00. The monoisotopic (exact) mass is 332 g/mol. The average molecular weight is 333 g/mol.